The van der Waals surface area contributed by atoms with Gasteiger partial charge in [-0.05, 0) is 69.7 Å². The Bertz CT molecular complexity index is 1400. The minimum Gasteiger partial charge on any atom is -0.459 e. The van der Waals surface area contributed by atoms with Gasteiger partial charge in [0.2, 0.25) is 16.0 Å². The van der Waals surface area contributed by atoms with E-state index in [0.29, 0.717) is 11.5 Å². The van der Waals surface area contributed by atoms with Crippen molar-refractivity contribution in [3.63, 3.8) is 0 Å². The van der Waals surface area contributed by atoms with Crippen molar-refractivity contribution in [1.82, 2.24) is 20.0 Å². The van der Waals surface area contributed by atoms with Crippen LogP contribution in [0.5, 0.6) is 0 Å². The first kappa shape index (κ1) is 29.0. The van der Waals surface area contributed by atoms with Crippen molar-refractivity contribution in [2.24, 2.45) is 0 Å². The van der Waals surface area contributed by atoms with Gasteiger partial charge in [-0.15, -0.1) is 0 Å². The zero-order chi connectivity index (χ0) is 28.8. The minimum atomic E-state index is -4.03. The number of nitrogens with zero attached hydrogens (tertiary/aromatic N) is 3. The van der Waals surface area contributed by atoms with Crippen LogP contribution in [0.1, 0.15) is 37.6 Å². The summed E-state index contributed by atoms with van der Waals surface area (Å²) in [6, 6.07) is 15.5. The van der Waals surface area contributed by atoms with E-state index in [0.717, 1.165) is 25.2 Å². The summed E-state index contributed by atoms with van der Waals surface area (Å²) < 4.78 is 33.5. The van der Waals surface area contributed by atoms with Crippen LogP contribution in [0.3, 0.4) is 0 Å². The lowest BCUT2D eigenvalue weighted by Gasteiger charge is -2.24. The molecular formula is C28H34N6O5S. The molecule has 1 aliphatic heterocycles. The number of ether oxygens (including phenoxy) is 1. The van der Waals surface area contributed by atoms with Crippen molar-refractivity contribution in [2.45, 2.75) is 49.8 Å². The molecule has 0 bridgehead atoms. The van der Waals surface area contributed by atoms with E-state index in [2.05, 4.69) is 30.2 Å². The Labute approximate surface area is 234 Å². The van der Waals surface area contributed by atoms with Crippen molar-refractivity contribution in [3.8, 4) is 0 Å². The molecule has 0 saturated carbocycles. The summed E-state index contributed by atoms with van der Waals surface area (Å²) in [6.45, 7) is 6.37. The fourth-order valence-electron chi connectivity index (χ4n) is 4.19. The molecule has 1 saturated heterocycles. The van der Waals surface area contributed by atoms with Gasteiger partial charge in [0.15, 0.2) is 0 Å². The number of amides is 1. The van der Waals surface area contributed by atoms with Gasteiger partial charge in [0, 0.05) is 49.3 Å². The van der Waals surface area contributed by atoms with E-state index in [4.69, 9.17) is 4.74 Å². The van der Waals surface area contributed by atoms with E-state index in [1.54, 1.807) is 69.6 Å². The maximum absolute atomic E-state index is 12.9. The summed E-state index contributed by atoms with van der Waals surface area (Å²) in [5.74, 6) is -0.640. The SMILES string of the molecule is CC(C)(C)OC(=O)[C@H](CNC(=O)c1ccc(N2CC[C@H](Nc3ncccn3)C2)cc1)NS(=O)(=O)c1ccccc1. The number of benzene rings is 2. The number of aromatic nitrogens is 2. The summed E-state index contributed by atoms with van der Waals surface area (Å²) in [5, 5.41) is 5.99. The largest absolute Gasteiger partial charge is 0.459 e. The summed E-state index contributed by atoms with van der Waals surface area (Å²) >= 11 is 0. The lowest BCUT2D eigenvalue weighted by molar-refractivity contribution is -0.156. The molecule has 212 valence electrons. The molecule has 0 radical (unpaired) electrons. The Morgan fingerprint density at radius 2 is 1.70 bits per heavy atom. The molecular weight excluding hydrogens is 532 g/mol. The van der Waals surface area contributed by atoms with Crippen molar-refractivity contribution in [2.75, 3.05) is 29.9 Å². The average Bonchev–Trinajstić information content (AvgIpc) is 3.39. The van der Waals surface area contributed by atoms with E-state index in [1.165, 1.54) is 12.1 Å². The van der Waals surface area contributed by atoms with Gasteiger partial charge in [0.05, 0.1) is 4.90 Å². The second kappa shape index (κ2) is 12.4. The summed E-state index contributed by atoms with van der Waals surface area (Å²) in [5.41, 5.74) is 0.507. The minimum absolute atomic E-state index is 0.00104. The molecule has 0 unspecified atom stereocenters. The first-order chi connectivity index (χ1) is 19.0. The van der Waals surface area contributed by atoms with Crippen LogP contribution in [0.4, 0.5) is 11.6 Å². The zero-order valence-electron chi connectivity index (χ0n) is 22.7. The van der Waals surface area contributed by atoms with Crippen LogP contribution in [-0.4, -0.2) is 67.6 Å². The highest BCUT2D eigenvalue weighted by Crippen LogP contribution is 2.22. The van der Waals surface area contributed by atoms with Gasteiger partial charge < -0.3 is 20.3 Å². The molecule has 0 spiro atoms. The predicted octanol–water partition coefficient (Wildman–Crippen LogP) is 2.59. The van der Waals surface area contributed by atoms with Crippen LogP contribution in [0.25, 0.3) is 0 Å². The molecule has 3 aromatic rings. The van der Waals surface area contributed by atoms with Gasteiger partial charge >= 0.3 is 5.97 Å². The third-order valence-corrected chi connectivity index (χ3v) is 7.58. The first-order valence-corrected chi connectivity index (χ1v) is 14.5. The maximum Gasteiger partial charge on any atom is 0.326 e. The van der Waals surface area contributed by atoms with Gasteiger partial charge in [0.25, 0.3) is 5.91 Å². The lowest BCUT2D eigenvalue weighted by Crippen LogP contribution is -2.50. The number of hydrogen-bond acceptors (Lipinski definition) is 9. The van der Waals surface area contributed by atoms with Crippen molar-refractivity contribution >= 4 is 33.5 Å². The molecule has 1 aromatic heterocycles. The van der Waals surface area contributed by atoms with Crippen molar-refractivity contribution < 1.29 is 22.7 Å². The topological polar surface area (TPSA) is 143 Å². The van der Waals surface area contributed by atoms with Crippen LogP contribution in [-0.2, 0) is 19.6 Å². The van der Waals surface area contributed by atoms with E-state index < -0.39 is 33.5 Å². The zero-order valence-corrected chi connectivity index (χ0v) is 23.5. The number of sulfonamides is 1. The number of anilines is 2. The molecule has 1 fully saturated rings. The highest BCUT2D eigenvalue weighted by atomic mass is 32.2. The smallest absolute Gasteiger partial charge is 0.326 e. The van der Waals surface area contributed by atoms with Gasteiger partial charge in [-0.3, -0.25) is 9.59 Å². The van der Waals surface area contributed by atoms with Gasteiger partial charge in [-0.25, -0.2) is 18.4 Å². The third kappa shape index (κ3) is 7.99. The molecule has 3 N–H and O–H groups in total. The third-order valence-electron chi connectivity index (χ3n) is 6.09. The molecule has 0 aliphatic carbocycles. The van der Waals surface area contributed by atoms with Gasteiger partial charge in [-0.2, -0.15) is 4.72 Å². The lowest BCUT2D eigenvalue weighted by atomic mass is 10.1. The highest BCUT2D eigenvalue weighted by molar-refractivity contribution is 7.89. The Hall–Kier alpha value is -4.03. The van der Waals surface area contributed by atoms with Crippen LogP contribution < -0.4 is 20.3 Å². The standard InChI is InChI=1S/C28H34N6O5S/c1-28(2,3)39-26(36)24(33-40(37,38)23-8-5-4-6-9-23)18-31-25(35)20-10-12-22(13-11-20)34-17-14-21(19-34)32-27-29-15-7-16-30-27/h4-13,15-16,21,24,33H,14,17-19H2,1-3H3,(H,31,35)(H,29,30,32)/t21-,24-/m0/s1. The van der Waals surface area contributed by atoms with E-state index in [9.17, 15) is 18.0 Å². The molecule has 2 heterocycles. The molecule has 2 atom stereocenters. The Morgan fingerprint density at radius 1 is 1.02 bits per heavy atom. The van der Waals surface area contributed by atoms with E-state index in [1.807, 2.05) is 12.1 Å². The Kier molecular flexibility index (Phi) is 9.00. The van der Waals surface area contributed by atoms with Crippen molar-refractivity contribution in [1.29, 1.82) is 0 Å². The molecule has 40 heavy (non-hydrogen) atoms. The number of esters is 1. The average molecular weight is 567 g/mol. The Balaban J connectivity index is 1.37. The number of hydrogen-bond donors (Lipinski definition) is 3. The summed E-state index contributed by atoms with van der Waals surface area (Å²) in [6.07, 6.45) is 4.31. The van der Waals surface area contributed by atoms with E-state index >= 15 is 0 Å². The first-order valence-electron chi connectivity index (χ1n) is 13.0. The molecule has 11 nitrogen and oxygen atoms in total. The second-order valence-corrected chi connectivity index (χ2v) is 12.1. The van der Waals surface area contributed by atoms with Crippen LogP contribution in [0.2, 0.25) is 0 Å². The predicted molar refractivity (Wildman–Crippen MR) is 151 cm³/mol. The molecule has 1 aliphatic rings. The maximum atomic E-state index is 12.9. The number of carbonyl (C=O) groups is 2. The van der Waals surface area contributed by atoms with Crippen LogP contribution in [0, 0.1) is 0 Å². The second-order valence-electron chi connectivity index (χ2n) is 10.4. The number of carbonyl (C=O) groups excluding carboxylic acids is 2. The van der Waals surface area contributed by atoms with Crippen LogP contribution >= 0.6 is 0 Å². The van der Waals surface area contributed by atoms with Crippen molar-refractivity contribution in [3.05, 3.63) is 78.6 Å². The molecule has 4 rings (SSSR count). The number of rotatable bonds is 10. The molecule has 2 aromatic carbocycles. The van der Waals surface area contributed by atoms with Gasteiger partial charge in [-0.1, -0.05) is 18.2 Å². The fraction of sp³-hybridized carbons (Fsp3) is 0.357. The van der Waals surface area contributed by atoms with E-state index in [-0.39, 0.29) is 17.5 Å². The summed E-state index contributed by atoms with van der Waals surface area (Å²) in [7, 11) is -4.03. The monoisotopic (exact) mass is 566 g/mol. The van der Waals surface area contributed by atoms with Gasteiger partial charge in [0.1, 0.15) is 11.6 Å². The number of nitrogens with one attached hydrogen (secondary N) is 3. The highest BCUT2D eigenvalue weighted by Gasteiger charge is 2.30. The van der Waals surface area contributed by atoms with Crippen LogP contribution in [0.15, 0.2) is 78.0 Å². The summed E-state index contributed by atoms with van der Waals surface area (Å²) in [4.78, 5) is 36.4. The quantitative estimate of drug-likeness (QED) is 0.316. The molecule has 1 amide bonds. The normalized spacial score (nSPS) is 16.3. The molecule has 12 heteroatoms. The Morgan fingerprint density at radius 3 is 2.35 bits per heavy atom. The fourth-order valence-corrected chi connectivity index (χ4v) is 5.40.